The van der Waals surface area contributed by atoms with E-state index in [1.54, 1.807) is 36.4 Å². The third-order valence-electron chi connectivity index (χ3n) is 2.65. The third kappa shape index (κ3) is 2.48. The Morgan fingerprint density at radius 3 is 2.53 bits per heavy atom. The zero-order valence-corrected chi connectivity index (χ0v) is 9.92. The number of rotatable bonds is 3. The van der Waals surface area contributed by atoms with E-state index < -0.39 is 5.97 Å². The molecule has 0 aromatic heterocycles. The molecule has 0 aliphatic rings. The fourth-order valence-electron chi connectivity index (χ4n) is 1.70. The Hall–Kier alpha value is -3.00. The van der Waals surface area contributed by atoms with Crippen LogP contribution in [0.2, 0.25) is 0 Å². The van der Waals surface area contributed by atoms with Gasteiger partial charge in [0.2, 0.25) is 0 Å². The summed E-state index contributed by atoms with van der Waals surface area (Å²) in [6.45, 7) is 0. The van der Waals surface area contributed by atoms with Crippen LogP contribution in [0.15, 0.2) is 42.5 Å². The maximum atomic E-state index is 11.0. The molecule has 0 aliphatic heterocycles. The van der Waals surface area contributed by atoms with E-state index in [0.717, 1.165) is 0 Å². The van der Waals surface area contributed by atoms with Crippen LogP contribution in [-0.2, 0) is 0 Å². The molecule has 19 heavy (non-hydrogen) atoms. The number of nitrogens with two attached hydrogens (primary N) is 1. The Bertz CT molecular complexity index is 675. The zero-order chi connectivity index (χ0) is 13.8. The predicted octanol–water partition coefficient (Wildman–Crippen LogP) is 2.58. The van der Waals surface area contributed by atoms with Crippen molar-refractivity contribution in [3.63, 3.8) is 0 Å². The quantitative estimate of drug-likeness (QED) is 0.730. The van der Waals surface area contributed by atoms with Gasteiger partial charge in [-0.2, -0.15) is 5.26 Å². The number of hydrogen-bond acceptors (Lipinski definition) is 4. The van der Waals surface area contributed by atoms with Crippen LogP contribution in [0.4, 0.5) is 17.1 Å². The first kappa shape index (κ1) is 12.5. The summed E-state index contributed by atoms with van der Waals surface area (Å²) in [6, 6.07) is 13.7. The Labute approximate surface area is 109 Å². The van der Waals surface area contributed by atoms with Gasteiger partial charge in [-0.3, -0.25) is 0 Å². The van der Waals surface area contributed by atoms with Crippen LogP contribution in [0.5, 0.6) is 0 Å². The Kier molecular flexibility index (Phi) is 3.35. The Balaban J connectivity index is 2.42. The minimum Gasteiger partial charge on any atom is -0.478 e. The molecule has 5 heteroatoms. The molecule has 0 spiro atoms. The maximum absolute atomic E-state index is 11.0. The molecule has 2 aromatic rings. The highest BCUT2D eigenvalue weighted by molar-refractivity contribution is 5.97. The summed E-state index contributed by atoms with van der Waals surface area (Å²) in [5, 5.41) is 21.0. The zero-order valence-electron chi connectivity index (χ0n) is 9.92. The molecule has 0 atom stereocenters. The number of para-hydroxylation sites is 2. The number of carbonyl (C=O) groups is 1. The normalized spacial score (nSPS) is 9.63. The van der Waals surface area contributed by atoms with Gasteiger partial charge in [0.15, 0.2) is 0 Å². The van der Waals surface area contributed by atoms with E-state index in [9.17, 15) is 4.79 Å². The number of hydrogen-bond donors (Lipinski definition) is 3. The lowest BCUT2D eigenvalue weighted by atomic mass is 10.1. The minimum atomic E-state index is -1.09. The topological polar surface area (TPSA) is 99.1 Å². The predicted molar refractivity (Wildman–Crippen MR) is 72.3 cm³/mol. The van der Waals surface area contributed by atoms with Crippen molar-refractivity contribution in [2.45, 2.75) is 0 Å². The van der Waals surface area contributed by atoms with Crippen molar-refractivity contribution in [3.8, 4) is 6.07 Å². The average molecular weight is 253 g/mol. The summed E-state index contributed by atoms with van der Waals surface area (Å²) in [5.41, 5.74) is 7.47. The van der Waals surface area contributed by atoms with Crippen LogP contribution in [0, 0.1) is 11.3 Å². The first-order valence-electron chi connectivity index (χ1n) is 5.51. The van der Waals surface area contributed by atoms with Crippen LogP contribution in [0.25, 0.3) is 0 Å². The second-order valence-electron chi connectivity index (χ2n) is 3.85. The van der Waals surface area contributed by atoms with Crippen molar-refractivity contribution in [2.75, 3.05) is 11.1 Å². The largest absolute Gasteiger partial charge is 0.478 e. The number of carboxylic acid groups (broad SMARTS) is 1. The van der Waals surface area contributed by atoms with Gasteiger partial charge in [0.1, 0.15) is 6.07 Å². The number of benzene rings is 2. The lowest BCUT2D eigenvalue weighted by Crippen LogP contribution is -2.05. The van der Waals surface area contributed by atoms with Crippen LogP contribution in [-0.4, -0.2) is 11.1 Å². The molecule has 0 aliphatic carbocycles. The number of anilines is 3. The van der Waals surface area contributed by atoms with Gasteiger partial charge in [0, 0.05) is 0 Å². The fraction of sp³-hybridized carbons (Fsp3) is 0. The van der Waals surface area contributed by atoms with Gasteiger partial charge in [-0.25, -0.2) is 4.79 Å². The molecule has 4 N–H and O–H groups in total. The molecule has 0 saturated heterocycles. The lowest BCUT2D eigenvalue weighted by molar-refractivity contribution is 0.0698. The number of nitrogens with zero attached hydrogens (tertiary/aromatic N) is 1. The Morgan fingerprint density at radius 1 is 1.16 bits per heavy atom. The standard InChI is InChI=1S/C14H11N3O2/c15-8-9-4-1-2-6-11(9)17-12-7-3-5-10(13(12)16)14(18)19/h1-7,17H,16H2,(H,18,19). The molecule has 2 aromatic carbocycles. The highest BCUT2D eigenvalue weighted by Crippen LogP contribution is 2.27. The van der Waals surface area contributed by atoms with Gasteiger partial charge in [-0.1, -0.05) is 18.2 Å². The molecule has 5 nitrogen and oxygen atoms in total. The Morgan fingerprint density at radius 2 is 1.84 bits per heavy atom. The van der Waals surface area contributed by atoms with E-state index in [4.69, 9.17) is 16.1 Å². The minimum absolute atomic E-state index is 0.0273. The molecule has 0 unspecified atom stereocenters. The molecular formula is C14H11N3O2. The molecule has 2 rings (SSSR count). The van der Waals surface area contributed by atoms with Crippen LogP contribution >= 0.6 is 0 Å². The molecule has 0 bridgehead atoms. The SMILES string of the molecule is N#Cc1ccccc1Nc1cccc(C(=O)O)c1N. The monoisotopic (exact) mass is 253 g/mol. The smallest absolute Gasteiger partial charge is 0.337 e. The first-order valence-corrected chi connectivity index (χ1v) is 5.51. The van der Waals surface area contributed by atoms with E-state index in [-0.39, 0.29) is 11.3 Å². The van der Waals surface area contributed by atoms with Crippen LogP contribution in [0.1, 0.15) is 15.9 Å². The van der Waals surface area contributed by atoms with Gasteiger partial charge < -0.3 is 16.2 Å². The summed E-state index contributed by atoms with van der Waals surface area (Å²) in [7, 11) is 0. The number of nitriles is 1. The number of carboxylic acids is 1. The van der Waals surface area contributed by atoms with Gasteiger partial charge >= 0.3 is 5.97 Å². The fourth-order valence-corrected chi connectivity index (χ4v) is 1.70. The van der Waals surface area contributed by atoms with Gasteiger partial charge in [-0.05, 0) is 24.3 Å². The van der Waals surface area contributed by atoms with Gasteiger partial charge in [-0.15, -0.1) is 0 Å². The summed E-state index contributed by atoms with van der Waals surface area (Å²) >= 11 is 0. The molecule has 0 amide bonds. The van der Waals surface area contributed by atoms with E-state index >= 15 is 0 Å². The average Bonchev–Trinajstić information content (AvgIpc) is 2.41. The van der Waals surface area contributed by atoms with Gasteiger partial charge in [0.05, 0.1) is 28.2 Å². The van der Waals surface area contributed by atoms with E-state index in [0.29, 0.717) is 16.9 Å². The highest BCUT2D eigenvalue weighted by Gasteiger charge is 2.11. The third-order valence-corrected chi connectivity index (χ3v) is 2.65. The van der Waals surface area contributed by atoms with Crippen molar-refractivity contribution in [1.29, 1.82) is 5.26 Å². The van der Waals surface area contributed by atoms with Gasteiger partial charge in [0.25, 0.3) is 0 Å². The summed E-state index contributed by atoms with van der Waals surface area (Å²) in [5.74, 6) is -1.09. The summed E-state index contributed by atoms with van der Waals surface area (Å²) in [4.78, 5) is 11.0. The highest BCUT2D eigenvalue weighted by atomic mass is 16.4. The molecule has 0 radical (unpaired) electrons. The second kappa shape index (κ2) is 5.10. The number of nitrogen functional groups attached to an aromatic ring is 1. The molecular weight excluding hydrogens is 242 g/mol. The van der Waals surface area contributed by atoms with E-state index in [2.05, 4.69) is 11.4 Å². The lowest BCUT2D eigenvalue weighted by Gasteiger charge is -2.12. The maximum Gasteiger partial charge on any atom is 0.337 e. The van der Waals surface area contributed by atoms with Crippen LogP contribution in [0.3, 0.4) is 0 Å². The van der Waals surface area contributed by atoms with Crippen molar-refractivity contribution in [3.05, 3.63) is 53.6 Å². The molecule has 94 valence electrons. The van der Waals surface area contributed by atoms with Crippen molar-refractivity contribution < 1.29 is 9.90 Å². The van der Waals surface area contributed by atoms with E-state index in [1.165, 1.54) is 6.07 Å². The first-order chi connectivity index (χ1) is 9.13. The van der Waals surface area contributed by atoms with Crippen molar-refractivity contribution in [2.24, 2.45) is 0 Å². The number of nitrogens with one attached hydrogen (secondary N) is 1. The van der Waals surface area contributed by atoms with Crippen molar-refractivity contribution in [1.82, 2.24) is 0 Å². The molecule has 0 heterocycles. The summed E-state index contributed by atoms with van der Waals surface area (Å²) < 4.78 is 0. The van der Waals surface area contributed by atoms with E-state index in [1.807, 2.05) is 0 Å². The van der Waals surface area contributed by atoms with Crippen molar-refractivity contribution >= 4 is 23.0 Å². The molecule has 0 saturated carbocycles. The number of aromatic carboxylic acids is 1. The summed E-state index contributed by atoms with van der Waals surface area (Å²) in [6.07, 6.45) is 0. The van der Waals surface area contributed by atoms with Crippen LogP contribution < -0.4 is 11.1 Å². The molecule has 0 fully saturated rings. The second-order valence-corrected chi connectivity index (χ2v) is 3.85.